The van der Waals surface area contributed by atoms with Gasteiger partial charge in [0.25, 0.3) is 5.91 Å². The van der Waals surface area contributed by atoms with Gasteiger partial charge in [0.05, 0.1) is 0 Å². The van der Waals surface area contributed by atoms with Crippen LogP contribution in [0, 0.1) is 6.92 Å². The van der Waals surface area contributed by atoms with E-state index in [2.05, 4.69) is 10.5 Å². The van der Waals surface area contributed by atoms with E-state index in [1.807, 2.05) is 30.3 Å². The van der Waals surface area contributed by atoms with Gasteiger partial charge in [-0.3, -0.25) is 9.59 Å². The summed E-state index contributed by atoms with van der Waals surface area (Å²) in [5.41, 5.74) is 1.24. The van der Waals surface area contributed by atoms with E-state index < -0.39 is 5.97 Å². The third-order valence-corrected chi connectivity index (χ3v) is 3.23. The molecule has 0 aliphatic rings. The fraction of sp³-hybridized carbons (Fsp3) is 0.312. The normalized spacial score (nSPS) is 11.9. The molecule has 0 aliphatic heterocycles. The van der Waals surface area contributed by atoms with E-state index >= 15 is 0 Å². The van der Waals surface area contributed by atoms with Crippen molar-refractivity contribution in [3.05, 3.63) is 53.4 Å². The van der Waals surface area contributed by atoms with Gasteiger partial charge in [-0.25, -0.2) is 0 Å². The Morgan fingerprint density at radius 3 is 2.64 bits per heavy atom. The number of aryl methyl sites for hydroxylation is 1. The molecule has 1 amide bonds. The number of nitrogens with one attached hydrogen (secondary N) is 1. The molecular weight excluding hydrogens is 284 g/mol. The number of aromatic nitrogens is 1. The number of carboxylic acids is 1. The summed E-state index contributed by atoms with van der Waals surface area (Å²) >= 11 is 0. The average molecular weight is 302 g/mol. The number of rotatable bonds is 7. The number of hydrogen-bond acceptors (Lipinski definition) is 4. The first-order valence-electron chi connectivity index (χ1n) is 7.04. The standard InChI is InChI=1S/C16H18N2O4/c1-11-9-14(18-22-11)16(21)17-13(7-8-15(19)20)10-12-5-3-2-4-6-12/h2-6,9,13H,7-8,10H2,1H3,(H,17,21)(H,19,20). The molecule has 1 aromatic heterocycles. The molecule has 2 aromatic rings. The van der Waals surface area contributed by atoms with E-state index in [1.54, 1.807) is 13.0 Å². The molecule has 0 fully saturated rings. The minimum Gasteiger partial charge on any atom is -0.481 e. The predicted octanol–water partition coefficient (Wildman–Crippen LogP) is 2.19. The first-order chi connectivity index (χ1) is 10.5. The highest BCUT2D eigenvalue weighted by atomic mass is 16.5. The summed E-state index contributed by atoms with van der Waals surface area (Å²) in [6, 6.07) is 10.9. The van der Waals surface area contributed by atoms with Crippen molar-refractivity contribution < 1.29 is 19.2 Å². The minimum atomic E-state index is -0.885. The van der Waals surface area contributed by atoms with Crippen LogP contribution in [0.15, 0.2) is 40.9 Å². The van der Waals surface area contributed by atoms with Crippen LogP contribution in [0.2, 0.25) is 0 Å². The summed E-state index contributed by atoms with van der Waals surface area (Å²) in [5.74, 6) is -0.692. The van der Waals surface area contributed by atoms with Gasteiger partial charge >= 0.3 is 5.97 Å². The molecule has 1 aromatic carbocycles. The van der Waals surface area contributed by atoms with E-state index in [0.717, 1.165) is 5.56 Å². The van der Waals surface area contributed by atoms with Crippen molar-refractivity contribution in [3.63, 3.8) is 0 Å². The van der Waals surface area contributed by atoms with Gasteiger partial charge in [0.15, 0.2) is 5.69 Å². The molecule has 0 saturated heterocycles. The number of carbonyl (C=O) groups excluding carboxylic acids is 1. The Balaban J connectivity index is 2.03. The topological polar surface area (TPSA) is 92.4 Å². The largest absolute Gasteiger partial charge is 0.481 e. The van der Waals surface area contributed by atoms with Crippen LogP contribution in [-0.4, -0.2) is 28.2 Å². The zero-order chi connectivity index (χ0) is 15.9. The molecule has 1 heterocycles. The first kappa shape index (κ1) is 15.8. The van der Waals surface area contributed by atoms with E-state index in [9.17, 15) is 9.59 Å². The van der Waals surface area contributed by atoms with Gasteiger partial charge in [-0.15, -0.1) is 0 Å². The average Bonchev–Trinajstić information content (AvgIpc) is 2.92. The van der Waals surface area contributed by atoms with Gasteiger partial charge in [0.2, 0.25) is 0 Å². The summed E-state index contributed by atoms with van der Waals surface area (Å²) in [6.45, 7) is 1.70. The lowest BCUT2D eigenvalue weighted by atomic mass is 10.0. The highest BCUT2D eigenvalue weighted by molar-refractivity contribution is 5.92. The SMILES string of the molecule is Cc1cc(C(=O)NC(CCC(=O)O)Cc2ccccc2)no1. The molecule has 2 rings (SSSR count). The fourth-order valence-corrected chi connectivity index (χ4v) is 2.15. The molecule has 1 unspecified atom stereocenters. The van der Waals surface area contributed by atoms with Crippen molar-refractivity contribution in [2.45, 2.75) is 32.2 Å². The quantitative estimate of drug-likeness (QED) is 0.818. The Kier molecular flexibility index (Phi) is 5.30. The molecule has 0 saturated carbocycles. The number of amides is 1. The fourth-order valence-electron chi connectivity index (χ4n) is 2.15. The van der Waals surface area contributed by atoms with Gasteiger partial charge in [-0.05, 0) is 25.3 Å². The maximum absolute atomic E-state index is 12.1. The summed E-state index contributed by atoms with van der Waals surface area (Å²) in [4.78, 5) is 22.9. The summed E-state index contributed by atoms with van der Waals surface area (Å²) in [6.07, 6.45) is 0.916. The maximum Gasteiger partial charge on any atom is 0.303 e. The number of carbonyl (C=O) groups is 2. The van der Waals surface area contributed by atoms with Gasteiger partial charge in [0.1, 0.15) is 5.76 Å². The maximum atomic E-state index is 12.1. The number of nitrogens with zero attached hydrogens (tertiary/aromatic N) is 1. The van der Waals surface area contributed by atoms with E-state index in [0.29, 0.717) is 18.6 Å². The van der Waals surface area contributed by atoms with Gasteiger partial charge in [-0.1, -0.05) is 35.5 Å². The van der Waals surface area contributed by atoms with E-state index in [1.165, 1.54) is 0 Å². The summed E-state index contributed by atoms with van der Waals surface area (Å²) < 4.78 is 4.88. The zero-order valence-electron chi connectivity index (χ0n) is 12.3. The predicted molar refractivity (Wildman–Crippen MR) is 79.5 cm³/mol. The molecule has 22 heavy (non-hydrogen) atoms. The smallest absolute Gasteiger partial charge is 0.303 e. The van der Waals surface area contributed by atoms with E-state index in [-0.39, 0.29) is 24.1 Å². The van der Waals surface area contributed by atoms with Gasteiger partial charge in [0, 0.05) is 18.5 Å². The third-order valence-electron chi connectivity index (χ3n) is 3.23. The zero-order valence-corrected chi connectivity index (χ0v) is 12.3. The summed E-state index contributed by atoms with van der Waals surface area (Å²) in [5, 5.41) is 15.3. The molecule has 116 valence electrons. The molecule has 0 spiro atoms. The van der Waals surface area contributed by atoms with Crippen molar-refractivity contribution >= 4 is 11.9 Å². The lowest BCUT2D eigenvalue weighted by Crippen LogP contribution is -2.37. The van der Waals surface area contributed by atoms with Crippen LogP contribution < -0.4 is 5.32 Å². The second-order valence-corrected chi connectivity index (χ2v) is 5.12. The molecular formula is C16H18N2O4. The molecule has 6 heteroatoms. The molecule has 6 nitrogen and oxygen atoms in total. The third kappa shape index (κ3) is 4.73. The Labute approximate surface area is 128 Å². The Hall–Kier alpha value is -2.63. The Morgan fingerprint density at radius 2 is 2.05 bits per heavy atom. The van der Waals surface area contributed by atoms with Crippen LogP contribution >= 0.6 is 0 Å². The lowest BCUT2D eigenvalue weighted by Gasteiger charge is -2.17. The molecule has 0 radical (unpaired) electrons. The number of carboxylic acid groups (broad SMARTS) is 1. The van der Waals surface area contributed by atoms with Crippen LogP contribution in [0.5, 0.6) is 0 Å². The van der Waals surface area contributed by atoms with E-state index in [4.69, 9.17) is 9.63 Å². The van der Waals surface area contributed by atoms with Crippen LogP contribution in [0.1, 0.15) is 34.7 Å². The van der Waals surface area contributed by atoms with Crippen LogP contribution in [-0.2, 0) is 11.2 Å². The van der Waals surface area contributed by atoms with Crippen molar-refractivity contribution in [2.24, 2.45) is 0 Å². The van der Waals surface area contributed by atoms with Crippen molar-refractivity contribution in [1.29, 1.82) is 0 Å². The number of aliphatic carboxylic acids is 1. The Morgan fingerprint density at radius 1 is 1.32 bits per heavy atom. The first-order valence-corrected chi connectivity index (χ1v) is 7.04. The lowest BCUT2D eigenvalue weighted by molar-refractivity contribution is -0.137. The van der Waals surface area contributed by atoms with Crippen molar-refractivity contribution in [1.82, 2.24) is 10.5 Å². The van der Waals surface area contributed by atoms with Crippen LogP contribution in [0.25, 0.3) is 0 Å². The van der Waals surface area contributed by atoms with Crippen molar-refractivity contribution in [2.75, 3.05) is 0 Å². The van der Waals surface area contributed by atoms with Crippen molar-refractivity contribution in [3.8, 4) is 0 Å². The summed E-state index contributed by atoms with van der Waals surface area (Å²) in [7, 11) is 0. The molecule has 1 atom stereocenters. The second kappa shape index (κ2) is 7.40. The van der Waals surface area contributed by atoms with Crippen LogP contribution in [0.4, 0.5) is 0 Å². The molecule has 2 N–H and O–H groups in total. The monoisotopic (exact) mass is 302 g/mol. The van der Waals surface area contributed by atoms with Gasteiger partial charge < -0.3 is 14.9 Å². The highest BCUT2D eigenvalue weighted by Gasteiger charge is 2.18. The van der Waals surface area contributed by atoms with Crippen LogP contribution in [0.3, 0.4) is 0 Å². The molecule has 0 bridgehead atoms. The number of benzene rings is 1. The number of hydrogen-bond donors (Lipinski definition) is 2. The second-order valence-electron chi connectivity index (χ2n) is 5.12. The van der Waals surface area contributed by atoms with Gasteiger partial charge in [-0.2, -0.15) is 0 Å². The highest BCUT2D eigenvalue weighted by Crippen LogP contribution is 2.09. The Bertz CT molecular complexity index is 637. The molecule has 0 aliphatic carbocycles. The minimum absolute atomic E-state index is 0.00434.